The molecule has 1 aromatic rings. The van der Waals surface area contributed by atoms with Gasteiger partial charge in [0.05, 0.1) is 22.5 Å². The van der Waals surface area contributed by atoms with Crippen LogP contribution in [0.2, 0.25) is 0 Å². The summed E-state index contributed by atoms with van der Waals surface area (Å²) in [5.74, 6) is -3.65. The van der Waals surface area contributed by atoms with Crippen molar-refractivity contribution in [3.8, 4) is 0 Å². The number of hydrogen-bond donors (Lipinski definition) is 2. The van der Waals surface area contributed by atoms with Gasteiger partial charge in [0.1, 0.15) is 5.69 Å². The monoisotopic (exact) mass is 423 g/mol. The molecule has 2 N–H and O–H groups in total. The Kier molecular flexibility index (Phi) is 7.63. The molecule has 0 radical (unpaired) electrons. The van der Waals surface area contributed by atoms with E-state index in [0.717, 1.165) is 12.1 Å². The number of halogens is 2. The number of aliphatic hydroxyl groups is 1. The molecule has 0 spiro atoms. The number of nitrogens with zero attached hydrogens (tertiary/aromatic N) is 2. The van der Waals surface area contributed by atoms with Crippen LogP contribution >= 0.6 is 0 Å². The summed E-state index contributed by atoms with van der Waals surface area (Å²) >= 11 is 0. The molecule has 28 heavy (non-hydrogen) atoms. The SMILES string of the molecule is COCC(O)CN1CCC(Nc2ccc(S(=O)(=O)C(F)F)cc2[N+](=O)[O-])CC1. The highest BCUT2D eigenvalue weighted by Crippen LogP contribution is 2.31. The third kappa shape index (κ3) is 5.56. The number of nitro benzene ring substituents is 1. The van der Waals surface area contributed by atoms with E-state index in [1.54, 1.807) is 0 Å². The van der Waals surface area contributed by atoms with Gasteiger partial charge in [-0.1, -0.05) is 0 Å². The largest absolute Gasteiger partial charge is 0.389 e. The summed E-state index contributed by atoms with van der Waals surface area (Å²) < 4.78 is 53.3. The van der Waals surface area contributed by atoms with Crippen molar-refractivity contribution in [2.24, 2.45) is 0 Å². The van der Waals surface area contributed by atoms with Crippen LogP contribution in [-0.4, -0.2) is 74.6 Å². The van der Waals surface area contributed by atoms with Gasteiger partial charge < -0.3 is 20.1 Å². The fraction of sp³-hybridized carbons (Fsp3) is 0.625. The number of benzene rings is 1. The molecule has 0 aromatic heterocycles. The van der Waals surface area contributed by atoms with Gasteiger partial charge in [0.2, 0.25) is 9.84 Å². The zero-order valence-corrected chi connectivity index (χ0v) is 16.1. The van der Waals surface area contributed by atoms with E-state index in [4.69, 9.17) is 4.74 Å². The Morgan fingerprint density at radius 3 is 2.57 bits per heavy atom. The summed E-state index contributed by atoms with van der Waals surface area (Å²) in [4.78, 5) is 11.7. The van der Waals surface area contributed by atoms with Crippen molar-refractivity contribution in [1.82, 2.24) is 4.90 Å². The van der Waals surface area contributed by atoms with E-state index in [1.807, 2.05) is 0 Å². The zero-order valence-electron chi connectivity index (χ0n) is 15.3. The van der Waals surface area contributed by atoms with Crippen LogP contribution in [0.15, 0.2) is 23.1 Å². The molecule has 1 fully saturated rings. The van der Waals surface area contributed by atoms with Crippen LogP contribution in [0, 0.1) is 10.1 Å². The highest BCUT2D eigenvalue weighted by atomic mass is 32.2. The highest BCUT2D eigenvalue weighted by molar-refractivity contribution is 7.91. The summed E-state index contributed by atoms with van der Waals surface area (Å²) in [5.41, 5.74) is -0.490. The average molecular weight is 423 g/mol. The Hall–Kier alpha value is -1.89. The van der Waals surface area contributed by atoms with E-state index in [2.05, 4.69) is 10.2 Å². The van der Waals surface area contributed by atoms with Gasteiger partial charge in [0.15, 0.2) is 0 Å². The van der Waals surface area contributed by atoms with Gasteiger partial charge in [-0.2, -0.15) is 8.78 Å². The average Bonchev–Trinajstić information content (AvgIpc) is 2.63. The topological polar surface area (TPSA) is 122 Å². The van der Waals surface area contributed by atoms with Crippen LogP contribution in [0.3, 0.4) is 0 Å². The van der Waals surface area contributed by atoms with Gasteiger partial charge in [-0.3, -0.25) is 10.1 Å². The molecule has 0 amide bonds. The predicted molar refractivity (Wildman–Crippen MR) is 97.3 cm³/mol. The van der Waals surface area contributed by atoms with E-state index >= 15 is 0 Å². The van der Waals surface area contributed by atoms with Crippen molar-refractivity contribution < 1.29 is 32.0 Å². The van der Waals surface area contributed by atoms with E-state index in [1.165, 1.54) is 7.11 Å². The maximum atomic E-state index is 12.7. The fourth-order valence-electron chi connectivity index (χ4n) is 3.09. The van der Waals surface area contributed by atoms with E-state index in [9.17, 15) is 32.4 Å². The molecule has 0 bridgehead atoms. The molecule has 9 nitrogen and oxygen atoms in total. The molecule has 2 rings (SSSR count). The van der Waals surface area contributed by atoms with Gasteiger partial charge >= 0.3 is 5.76 Å². The number of aliphatic hydroxyl groups excluding tert-OH is 1. The quantitative estimate of drug-likeness (QED) is 0.452. The Morgan fingerprint density at radius 2 is 2.04 bits per heavy atom. The van der Waals surface area contributed by atoms with Crippen molar-refractivity contribution in [1.29, 1.82) is 0 Å². The molecule has 0 aliphatic carbocycles. The lowest BCUT2D eigenvalue weighted by Gasteiger charge is -2.33. The number of sulfone groups is 1. The minimum Gasteiger partial charge on any atom is -0.389 e. The van der Waals surface area contributed by atoms with Crippen LogP contribution in [0.25, 0.3) is 0 Å². The van der Waals surface area contributed by atoms with Gasteiger partial charge in [0.25, 0.3) is 5.69 Å². The van der Waals surface area contributed by atoms with E-state index in [0.29, 0.717) is 38.5 Å². The number of piperidine rings is 1. The lowest BCUT2D eigenvalue weighted by Crippen LogP contribution is -2.43. The van der Waals surface area contributed by atoms with Crippen molar-refractivity contribution in [2.75, 3.05) is 38.7 Å². The molecule has 1 unspecified atom stereocenters. The molecule has 12 heteroatoms. The first-order valence-electron chi connectivity index (χ1n) is 8.61. The summed E-state index contributed by atoms with van der Waals surface area (Å²) in [6.45, 7) is 2.01. The Bertz CT molecular complexity index is 785. The lowest BCUT2D eigenvalue weighted by atomic mass is 10.0. The molecule has 1 aliphatic heterocycles. The van der Waals surface area contributed by atoms with Crippen molar-refractivity contribution in [2.45, 2.75) is 35.6 Å². The number of alkyl halides is 2. The Balaban J connectivity index is 2.06. The number of ether oxygens (including phenoxy) is 1. The maximum absolute atomic E-state index is 12.7. The molecular weight excluding hydrogens is 400 g/mol. The van der Waals surface area contributed by atoms with Crippen LogP contribution in [0.4, 0.5) is 20.2 Å². The molecule has 1 aromatic carbocycles. The number of nitro groups is 1. The smallest absolute Gasteiger partial charge is 0.341 e. The van der Waals surface area contributed by atoms with E-state index < -0.39 is 37.2 Å². The van der Waals surface area contributed by atoms with Crippen LogP contribution in [0.1, 0.15) is 12.8 Å². The molecule has 1 saturated heterocycles. The normalized spacial score (nSPS) is 17.6. The summed E-state index contributed by atoms with van der Waals surface area (Å²) in [5, 5.41) is 24.1. The number of hydrogen-bond acceptors (Lipinski definition) is 8. The summed E-state index contributed by atoms with van der Waals surface area (Å²) in [6, 6.07) is 2.63. The number of rotatable bonds is 9. The number of likely N-dealkylation sites (tertiary alicyclic amines) is 1. The number of β-amino-alcohol motifs (C(OH)–C–C–N with tert-alkyl or cyclic N) is 1. The molecular formula is C16H23F2N3O6S. The Morgan fingerprint density at radius 1 is 1.39 bits per heavy atom. The van der Waals surface area contributed by atoms with Crippen molar-refractivity contribution in [3.63, 3.8) is 0 Å². The second-order valence-electron chi connectivity index (χ2n) is 6.57. The second-order valence-corrected chi connectivity index (χ2v) is 8.49. The fourth-order valence-corrected chi connectivity index (χ4v) is 3.83. The summed E-state index contributed by atoms with van der Waals surface area (Å²) in [7, 11) is -3.41. The summed E-state index contributed by atoms with van der Waals surface area (Å²) in [6.07, 6.45) is 0.696. The van der Waals surface area contributed by atoms with Gasteiger partial charge in [-0.15, -0.1) is 0 Å². The molecule has 0 saturated carbocycles. The standard InChI is InChI=1S/C16H23F2N3O6S/c1-27-10-12(22)9-20-6-4-11(5-7-20)19-14-3-2-13(8-15(14)21(23)24)28(25,26)16(17)18/h2-3,8,11-12,16,19,22H,4-7,9-10H2,1H3. The highest BCUT2D eigenvalue weighted by Gasteiger charge is 2.30. The first-order chi connectivity index (χ1) is 13.1. The van der Waals surface area contributed by atoms with Gasteiger partial charge in [-0.05, 0) is 25.0 Å². The second kappa shape index (κ2) is 9.54. The zero-order chi connectivity index (χ0) is 20.9. The predicted octanol–water partition coefficient (Wildman–Crippen LogP) is 1.47. The number of anilines is 1. The molecule has 158 valence electrons. The molecule has 1 aliphatic rings. The number of nitrogens with one attached hydrogen (secondary N) is 1. The molecule has 1 heterocycles. The lowest BCUT2D eigenvalue weighted by molar-refractivity contribution is -0.384. The first-order valence-corrected chi connectivity index (χ1v) is 10.2. The van der Waals surface area contributed by atoms with Crippen LogP contribution in [-0.2, 0) is 14.6 Å². The third-order valence-electron chi connectivity index (χ3n) is 4.50. The maximum Gasteiger partial charge on any atom is 0.341 e. The first kappa shape index (κ1) is 22.4. The Labute approximate surface area is 161 Å². The van der Waals surface area contributed by atoms with Gasteiger partial charge in [0, 0.05) is 38.9 Å². The van der Waals surface area contributed by atoms with Crippen LogP contribution in [0.5, 0.6) is 0 Å². The van der Waals surface area contributed by atoms with Crippen molar-refractivity contribution in [3.05, 3.63) is 28.3 Å². The minimum absolute atomic E-state index is 0.0797. The third-order valence-corrected chi connectivity index (χ3v) is 5.88. The van der Waals surface area contributed by atoms with Gasteiger partial charge in [-0.25, -0.2) is 8.42 Å². The van der Waals surface area contributed by atoms with Crippen molar-refractivity contribution >= 4 is 21.2 Å². The molecule has 1 atom stereocenters. The van der Waals surface area contributed by atoms with Crippen LogP contribution < -0.4 is 5.32 Å². The minimum atomic E-state index is -4.91. The number of methoxy groups -OCH3 is 1. The van der Waals surface area contributed by atoms with E-state index in [-0.39, 0.29) is 18.3 Å².